The van der Waals surface area contributed by atoms with Crippen LogP contribution in [0.2, 0.25) is 0 Å². The fourth-order valence-corrected chi connectivity index (χ4v) is 2.53. The molecule has 0 radical (unpaired) electrons. The van der Waals surface area contributed by atoms with E-state index in [4.69, 9.17) is 4.74 Å². The van der Waals surface area contributed by atoms with Crippen LogP contribution in [0.4, 0.5) is 0 Å². The van der Waals surface area contributed by atoms with Crippen LogP contribution in [0.15, 0.2) is 65.9 Å². The zero-order chi connectivity index (χ0) is 16.8. The molecule has 5 nitrogen and oxygen atoms in total. The van der Waals surface area contributed by atoms with Gasteiger partial charge in [0.1, 0.15) is 12.4 Å². The molecule has 0 unspecified atom stereocenters. The third-order valence-corrected chi connectivity index (χ3v) is 3.59. The van der Waals surface area contributed by atoms with E-state index < -0.39 is 0 Å². The van der Waals surface area contributed by atoms with Crippen molar-refractivity contribution in [2.24, 2.45) is 5.10 Å². The lowest BCUT2D eigenvalue weighted by Crippen LogP contribution is -2.12. The van der Waals surface area contributed by atoms with Crippen molar-refractivity contribution in [1.82, 2.24) is 9.99 Å². The third kappa shape index (κ3) is 3.81. The summed E-state index contributed by atoms with van der Waals surface area (Å²) in [5, 5.41) is 5.05. The van der Waals surface area contributed by atoms with Gasteiger partial charge in [-0.25, -0.2) is 5.43 Å². The largest absolute Gasteiger partial charge is 0.492 e. The van der Waals surface area contributed by atoms with Gasteiger partial charge in [0.25, 0.3) is 0 Å². The van der Waals surface area contributed by atoms with E-state index in [1.807, 2.05) is 54.7 Å². The second kappa shape index (κ2) is 7.46. The second-order valence-corrected chi connectivity index (χ2v) is 5.38. The van der Waals surface area contributed by atoms with Crippen LogP contribution in [0.25, 0.3) is 10.9 Å². The van der Waals surface area contributed by atoms with Crippen LogP contribution in [-0.4, -0.2) is 23.3 Å². The zero-order valence-electron chi connectivity index (χ0n) is 13.5. The highest BCUT2D eigenvalue weighted by molar-refractivity contribution is 5.99. The van der Waals surface area contributed by atoms with Crippen molar-refractivity contribution in [3.05, 3.63) is 66.4 Å². The number of fused-ring (bicyclic) bond motifs is 1. The number of hydrazone groups is 1. The Morgan fingerprint density at radius 2 is 1.92 bits per heavy atom. The van der Waals surface area contributed by atoms with E-state index in [9.17, 15) is 4.79 Å². The van der Waals surface area contributed by atoms with E-state index in [-0.39, 0.29) is 5.91 Å². The predicted molar refractivity (Wildman–Crippen MR) is 95.3 cm³/mol. The van der Waals surface area contributed by atoms with Crippen LogP contribution in [-0.2, 0) is 11.3 Å². The SMILES string of the molecule is CC(=O)NN=Cc1cn(CCOc2ccccc2)c2ccccc12. The van der Waals surface area contributed by atoms with Crippen molar-refractivity contribution in [3.63, 3.8) is 0 Å². The second-order valence-electron chi connectivity index (χ2n) is 5.38. The van der Waals surface area contributed by atoms with Gasteiger partial charge in [-0.2, -0.15) is 5.10 Å². The number of benzene rings is 2. The summed E-state index contributed by atoms with van der Waals surface area (Å²) in [5.74, 6) is 0.674. The first kappa shape index (κ1) is 15.8. The van der Waals surface area contributed by atoms with Gasteiger partial charge >= 0.3 is 0 Å². The Balaban J connectivity index is 1.75. The van der Waals surface area contributed by atoms with Gasteiger partial charge in [-0.15, -0.1) is 0 Å². The molecule has 3 rings (SSSR count). The lowest BCUT2D eigenvalue weighted by atomic mass is 10.2. The molecule has 0 aliphatic carbocycles. The Morgan fingerprint density at radius 1 is 1.17 bits per heavy atom. The van der Waals surface area contributed by atoms with Gasteiger partial charge in [0.15, 0.2) is 0 Å². The van der Waals surface area contributed by atoms with Gasteiger partial charge < -0.3 is 9.30 Å². The fraction of sp³-hybridized carbons (Fsp3) is 0.158. The van der Waals surface area contributed by atoms with E-state index >= 15 is 0 Å². The minimum Gasteiger partial charge on any atom is -0.492 e. The summed E-state index contributed by atoms with van der Waals surface area (Å²) in [6.45, 7) is 2.73. The highest BCUT2D eigenvalue weighted by Gasteiger charge is 2.06. The Bertz CT molecular complexity index is 853. The first-order chi connectivity index (χ1) is 11.7. The first-order valence-electron chi connectivity index (χ1n) is 7.79. The van der Waals surface area contributed by atoms with E-state index in [1.165, 1.54) is 6.92 Å². The molecule has 0 atom stereocenters. The predicted octanol–water partition coefficient (Wildman–Crippen LogP) is 3.19. The maximum Gasteiger partial charge on any atom is 0.236 e. The third-order valence-electron chi connectivity index (χ3n) is 3.59. The number of rotatable bonds is 6. The van der Waals surface area contributed by atoms with Crippen molar-refractivity contribution in [2.45, 2.75) is 13.5 Å². The van der Waals surface area contributed by atoms with Gasteiger partial charge in [0.2, 0.25) is 5.91 Å². The van der Waals surface area contributed by atoms with Crippen LogP contribution in [0.5, 0.6) is 5.75 Å². The maximum absolute atomic E-state index is 10.9. The lowest BCUT2D eigenvalue weighted by molar-refractivity contribution is -0.118. The average molecular weight is 321 g/mol. The van der Waals surface area contributed by atoms with E-state index in [2.05, 4.69) is 21.2 Å². The Morgan fingerprint density at radius 3 is 2.71 bits per heavy atom. The van der Waals surface area contributed by atoms with Crippen LogP contribution in [0.3, 0.4) is 0 Å². The monoisotopic (exact) mass is 321 g/mol. The molecular formula is C19H19N3O2. The number of amides is 1. The van der Waals surface area contributed by atoms with Gasteiger partial charge in [-0.3, -0.25) is 4.79 Å². The van der Waals surface area contributed by atoms with Crippen LogP contribution in [0.1, 0.15) is 12.5 Å². The number of hydrogen-bond acceptors (Lipinski definition) is 3. The van der Waals surface area contributed by atoms with Crippen molar-refractivity contribution in [3.8, 4) is 5.75 Å². The molecule has 2 aromatic carbocycles. The topological polar surface area (TPSA) is 55.6 Å². The molecule has 3 aromatic rings. The fourth-order valence-electron chi connectivity index (χ4n) is 2.53. The number of nitrogens with zero attached hydrogens (tertiary/aromatic N) is 2. The van der Waals surface area contributed by atoms with Crippen molar-refractivity contribution in [2.75, 3.05) is 6.61 Å². The number of aromatic nitrogens is 1. The van der Waals surface area contributed by atoms with E-state index in [1.54, 1.807) is 6.21 Å². The average Bonchev–Trinajstić information content (AvgIpc) is 2.94. The molecule has 122 valence electrons. The molecule has 1 amide bonds. The normalized spacial score (nSPS) is 11.0. The van der Waals surface area contributed by atoms with Gasteiger partial charge in [-0.1, -0.05) is 36.4 Å². The summed E-state index contributed by atoms with van der Waals surface area (Å²) in [6.07, 6.45) is 3.68. The quantitative estimate of drug-likeness (QED) is 0.560. The number of ether oxygens (including phenoxy) is 1. The summed E-state index contributed by atoms with van der Waals surface area (Å²) in [5.41, 5.74) is 4.50. The summed E-state index contributed by atoms with van der Waals surface area (Å²) >= 11 is 0. The molecule has 1 aromatic heterocycles. The molecular weight excluding hydrogens is 302 g/mol. The van der Waals surface area contributed by atoms with Crippen molar-refractivity contribution < 1.29 is 9.53 Å². The number of carbonyl (C=O) groups is 1. The molecule has 0 aliphatic heterocycles. The minimum absolute atomic E-state index is 0.189. The van der Waals surface area contributed by atoms with Crippen molar-refractivity contribution in [1.29, 1.82) is 0 Å². The molecule has 0 saturated carbocycles. The van der Waals surface area contributed by atoms with Gasteiger partial charge in [0, 0.05) is 29.6 Å². The van der Waals surface area contributed by atoms with Crippen molar-refractivity contribution >= 4 is 23.0 Å². The molecule has 0 fully saturated rings. The molecule has 1 heterocycles. The Kier molecular flexibility index (Phi) is 4.91. The number of para-hydroxylation sites is 2. The van der Waals surface area contributed by atoms with Gasteiger partial charge in [-0.05, 0) is 18.2 Å². The molecule has 0 bridgehead atoms. The number of nitrogens with one attached hydrogen (secondary N) is 1. The van der Waals surface area contributed by atoms with E-state index in [0.29, 0.717) is 6.61 Å². The summed E-state index contributed by atoms with van der Waals surface area (Å²) in [6, 6.07) is 17.9. The summed E-state index contributed by atoms with van der Waals surface area (Å²) < 4.78 is 7.90. The molecule has 0 saturated heterocycles. The number of carbonyl (C=O) groups excluding carboxylic acids is 1. The summed E-state index contributed by atoms with van der Waals surface area (Å²) in [7, 11) is 0. The maximum atomic E-state index is 10.9. The Hall–Kier alpha value is -3.08. The molecule has 0 spiro atoms. The highest BCUT2D eigenvalue weighted by atomic mass is 16.5. The highest BCUT2D eigenvalue weighted by Crippen LogP contribution is 2.20. The molecule has 0 aliphatic rings. The zero-order valence-corrected chi connectivity index (χ0v) is 13.5. The first-order valence-corrected chi connectivity index (χ1v) is 7.79. The molecule has 1 N–H and O–H groups in total. The Labute approximate surface area is 140 Å². The molecule has 24 heavy (non-hydrogen) atoms. The van der Waals surface area contributed by atoms with Crippen LogP contribution in [0, 0.1) is 0 Å². The standard InChI is InChI=1S/C19H19N3O2/c1-15(23)21-20-13-16-14-22(19-10-6-5-9-18(16)19)11-12-24-17-7-3-2-4-8-17/h2-10,13-14H,11-12H2,1H3,(H,21,23). The van der Waals surface area contributed by atoms with E-state index in [0.717, 1.165) is 28.8 Å². The molecule has 5 heteroatoms. The summed E-state index contributed by atoms with van der Waals surface area (Å²) in [4.78, 5) is 10.9. The minimum atomic E-state index is -0.189. The lowest BCUT2D eigenvalue weighted by Gasteiger charge is -2.08. The smallest absolute Gasteiger partial charge is 0.236 e. The van der Waals surface area contributed by atoms with Crippen LogP contribution >= 0.6 is 0 Å². The van der Waals surface area contributed by atoms with Crippen LogP contribution < -0.4 is 10.2 Å². The number of hydrogen-bond donors (Lipinski definition) is 1. The van der Waals surface area contributed by atoms with Gasteiger partial charge in [0.05, 0.1) is 12.8 Å².